The molecule has 1 unspecified atom stereocenters. The molecule has 0 fully saturated rings. The molecule has 0 aromatic heterocycles. The zero-order valence-corrected chi connectivity index (χ0v) is 11.7. The lowest BCUT2D eigenvalue weighted by molar-refractivity contribution is 0.177. The fraction of sp³-hybridized carbons (Fsp3) is 0.250. The van der Waals surface area contributed by atoms with Crippen LogP contribution in [0.25, 0.3) is 0 Å². The first-order chi connectivity index (χ1) is 8.97. The van der Waals surface area contributed by atoms with Crippen molar-refractivity contribution in [2.45, 2.75) is 26.4 Å². The molecule has 0 amide bonds. The van der Waals surface area contributed by atoms with Gasteiger partial charge in [0.15, 0.2) is 0 Å². The highest BCUT2D eigenvalue weighted by Crippen LogP contribution is 2.26. The lowest BCUT2D eigenvalue weighted by Gasteiger charge is -2.17. The Bertz CT molecular complexity index is 572. The number of hydrogen-bond donors (Lipinski definition) is 1. The number of benzene rings is 2. The second-order valence-electron chi connectivity index (χ2n) is 4.80. The number of halogens is 2. The molecule has 1 atom stereocenters. The van der Waals surface area contributed by atoms with Crippen LogP contribution in [0.4, 0.5) is 4.39 Å². The van der Waals surface area contributed by atoms with E-state index in [1.165, 1.54) is 12.1 Å². The third-order valence-corrected chi connectivity index (χ3v) is 3.44. The number of hydrogen-bond acceptors (Lipinski definition) is 1. The quantitative estimate of drug-likeness (QED) is 0.884. The first-order valence-electron chi connectivity index (χ1n) is 6.16. The summed E-state index contributed by atoms with van der Waals surface area (Å²) in [4.78, 5) is 0. The third-order valence-electron chi connectivity index (χ3n) is 3.21. The summed E-state index contributed by atoms with van der Waals surface area (Å²) < 4.78 is 13.3. The van der Waals surface area contributed by atoms with Crippen LogP contribution in [-0.2, 0) is 6.42 Å². The highest BCUT2D eigenvalue weighted by atomic mass is 35.5. The molecule has 2 aromatic carbocycles. The van der Waals surface area contributed by atoms with E-state index in [0.717, 1.165) is 22.3 Å². The standard InChI is InChI=1S/C16H16ClFO/c1-10-6-14(18)7-11(2)16(10)15(19)9-12-4-3-5-13(17)8-12/h3-8,15,19H,9H2,1-2H3. The van der Waals surface area contributed by atoms with Crippen LogP contribution >= 0.6 is 11.6 Å². The molecule has 1 nitrogen and oxygen atoms in total. The van der Waals surface area contributed by atoms with Crippen LogP contribution in [0.15, 0.2) is 36.4 Å². The Hall–Kier alpha value is -1.38. The minimum Gasteiger partial charge on any atom is -0.388 e. The fourth-order valence-corrected chi connectivity index (χ4v) is 2.65. The summed E-state index contributed by atoms with van der Waals surface area (Å²) in [6.07, 6.45) is -0.187. The molecule has 100 valence electrons. The Morgan fingerprint density at radius 2 is 1.79 bits per heavy atom. The van der Waals surface area contributed by atoms with E-state index in [2.05, 4.69) is 0 Å². The molecule has 2 rings (SSSR count). The summed E-state index contributed by atoms with van der Waals surface area (Å²) in [5.74, 6) is -0.270. The Kier molecular flexibility index (Phi) is 4.23. The van der Waals surface area contributed by atoms with E-state index in [4.69, 9.17) is 11.6 Å². The summed E-state index contributed by atoms with van der Waals surface area (Å²) in [6, 6.07) is 10.3. The van der Waals surface area contributed by atoms with Crippen LogP contribution in [0.5, 0.6) is 0 Å². The topological polar surface area (TPSA) is 20.2 Å². The molecule has 0 aliphatic rings. The van der Waals surface area contributed by atoms with E-state index in [1.807, 2.05) is 32.0 Å². The Morgan fingerprint density at radius 3 is 2.37 bits per heavy atom. The summed E-state index contributed by atoms with van der Waals surface area (Å²) in [5.41, 5.74) is 3.29. The van der Waals surface area contributed by atoms with Gasteiger partial charge in [0.1, 0.15) is 5.82 Å². The zero-order valence-electron chi connectivity index (χ0n) is 11.0. The van der Waals surface area contributed by atoms with Gasteiger partial charge in [0.05, 0.1) is 6.10 Å². The summed E-state index contributed by atoms with van der Waals surface area (Å²) >= 11 is 5.93. The van der Waals surface area contributed by atoms with Crippen LogP contribution in [0, 0.1) is 19.7 Å². The van der Waals surface area contributed by atoms with Gasteiger partial charge >= 0.3 is 0 Å². The van der Waals surface area contributed by atoms with Gasteiger partial charge in [-0.3, -0.25) is 0 Å². The van der Waals surface area contributed by atoms with Gasteiger partial charge in [-0.2, -0.15) is 0 Å². The van der Waals surface area contributed by atoms with Gasteiger partial charge in [0.2, 0.25) is 0 Å². The lowest BCUT2D eigenvalue weighted by atomic mass is 9.94. The molecule has 2 aromatic rings. The van der Waals surface area contributed by atoms with Crippen molar-refractivity contribution >= 4 is 11.6 Å². The van der Waals surface area contributed by atoms with Crippen molar-refractivity contribution in [2.24, 2.45) is 0 Å². The van der Waals surface area contributed by atoms with E-state index in [-0.39, 0.29) is 5.82 Å². The Morgan fingerprint density at radius 1 is 1.16 bits per heavy atom. The van der Waals surface area contributed by atoms with Crippen molar-refractivity contribution in [3.63, 3.8) is 0 Å². The molecule has 0 aliphatic carbocycles. The molecule has 0 saturated carbocycles. The summed E-state index contributed by atoms with van der Waals surface area (Å²) in [5, 5.41) is 11.0. The highest BCUT2D eigenvalue weighted by Gasteiger charge is 2.15. The fourth-order valence-electron chi connectivity index (χ4n) is 2.44. The maximum absolute atomic E-state index is 13.3. The van der Waals surface area contributed by atoms with Gasteiger partial charge in [-0.15, -0.1) is 0 Å². The SMILES string of the molecule is Cc1cc(F)cc(C)c1C(O)Cc1cccc(Cl)c1. The largest absolute Gasteiger partial charge is 0.388 e. The molecule has 1 N–H and O–H groups in total. The lowest BCUT2D eigenvalue weighted by Crippen LogP contribution is -2.06. The van der Waals surface area contributed by atoms with Crippen molar-refractivity contribution in [1.82, 2.24) is 0 Å². The molecule has 0 bridgehead atoms. The average Bonchev–Trinajstić information content (AvgIpc) is 2.27. The molecule has 3 heteroatoms. The van der Waals surface area contributed by atoms with Crippen LogP contribution in [0.1, 0.15) is 28.4 Å². The summed E-state index contributed by atoms with van der Waals surface area (Å²) in [6.45, 7) is 3.62. The number of aliphatic hydroxyl groups is 1. The smallest absolute Gasteiger partial charge is 0.123 e. The van der Waals surface area contributed by atoms with Gasteiger partial charge in [0, 0.05) is 11.4 Å². The van der Waals surface area contributed by atoms with E-state index < -0.39 is 6.10 Å². The van der Waals surface area contributed by atoms with Crippen LogP contribution in [-0.4, -0.2) is 5.11 Å². The summed E-state index contributed by atoms with van der Waals surface area (Å²) in [7, 11) is 0. The number of aliphatic hydroxyl groups excluding tert-OH is 1. The molecule has 0 saturated heterocycles. The zero-order chi connectivity index (χ0) is 14.0. The second kappa shape index (κ2) is 5.72. The van der Waals surface area contributed by atoms with Crippen molar-refractivity contribution in [2.75, 3.05) is 0 Å². The van der Waals surface area contributed by atoms with Crippen LogP contribution in [0.2, 0.25) is 5.02 Å². The first-order valence-corrected chi connectivity index (χ1v) is 6.54. The monoisotopic (exact) mass is 278 g/mol. The molecular weight excluding hydrogens is 263 g/mol. The van der Waals surface area contributed by atoms with Crippen molar-refractivity contribution in [3.8, 4) is 0 Å². The van der Waals surface area contributed by atoms with E-state index in [1.54, 1.807) is 6.07 Å². The normalized spacial score (nSPS) is 12.5. The molecule has 0 aliphatic heterocycles. The first kappa shape index (κ1) is 14.0. The maximum atomic E-state index is 13.3. The Balaban J connectivity index is 2.28. The van der Waals surface area contributed by atoms with Gasteiger partial charge in [-0.25, -0.2) is 4.39 Å². The Labute approximate surface area is 117 Å². The van der Waals surface area contributed by atoms with Crippen LogP contribution in [0.3, 0.4) is 0 Å². The second-order valence-corrected chi connectivity index (χ2v) is 5.24. The predicted molar refractivity (Wildman–Crippen MR) is 76.0 cm³/mol. The maximum Gasteiger partial charge on any atom is 0.123 e. The molecule has 0 heterocycles. The van der Waals surface area contributed by atoms with Gasteiger partial charge in [0.25, 0.3) is 0 Å². The van der Waals surface area contributed by atoms with E-state index >= 15 is 0 Å². The van der Waals surface area contributed by atoms with Crippen molar-refractivity contribution < 1.29 is 9.50 Å². The third kappa shape index (κ3) is 3.34. The van der Waals surface area contributed by atoms with Crippen LogP contribution < -0.4 is 0 Å². The predicted octanol–water partition coefficient (Wildman–Crippen LogP) is 4.37. The highest BCUT2D eigenvalue weighted by molar-refractivity contribution is 6.30. The average molecular weight is 279 g/mol. The van der Waals surface area contributed by atoms with Crippen molar-refractivity contribution in [1.29, 1.82) is 0 Å². The van der Waals surface area contributed by atoms with Crippen molar-refractivity contribution in [3.05, 3.63) is 69.5 Å². The number of aryl methyl sites for hydroxylation is 2. The van der Waals surface area contributed by atoms with E-state index in [0.29, 0.717) is 11.4 Å². The minimum atomic E-state index is -0.654. The van der Waals surface area contributed by atoms with E-state index in [9.17, 15) is 9.50 Å². The minimum absolute atomic E-state index is 0.270. The molecule has 19 heavy (non-hydrogen) atoms. The molecule has 0 spiro atoms. The van der Waals surface area contributed by atoms with Gasteiger partial charge in [-0.1, -0.05) is 23.7 Å². The number of rotatable bonds is 3. The van der Waals surface area contributed by atoms with Gasteiger partial charge in [-0.05, 0) is 60.4 Å². The molecular formula is C16H16ClFO. The van der Waals surface area contributed by atoms with Gasteiger partial charge < -0.3 is 5.11 Å². The molecule has 0 radical (unpaired) electrons.